The van der Waals surface area contributed by atoms with Crippen molar-refractivity contribution < 1.29 is 9.53 Å². The fourth-order valence-electron chi connectivity index (χ4n) is 3.63. The third-order valence-corrected chi connectivity index (χ3v) is 4.64. The van der Waals surface area contributed by atoms with Gasteiger partial charge in [0.25, 0.3) is 5.91 Å². The highest BCUT2D eigenvalue weighted by atomic mass is 16.5. The fourth-order valence-corrected chi connectivity index (χ4v) is 3.63. The van der Waals surface area contributed by atoms with Crippen molar-refractivity contribution in [1.29, 1.82) is 0 Å². The number of nitrogens with zero attached hydrogens (tertiary/aromatic N) is 2. The molecule has 104 valence electrons. The Morgan fingerprint density at radius 2 is 2.37 bits per heavy atom. The van der Waals surface area contributed by atoms with Crippen molar-refractivity contribution in [2.45, 2.75) is 51.2 Å². The number of carbonyl (C=O) groups excluding carboxylic acids is 1. The molecule has 2 atom stereocenters. The summed E-state index contributed by atoms with van der Waals surface area (Å²) in [7, 11) is 0. The molecule has 0 aliphatic heterocycles. The van der Waals surface area contributed by atoms with Gasteiger partial charge in [-0.2, -0.15) is 15.4 Å². The standard InChI is InChI=1S/C13H20N4O2/c1-2-19-11-7-10(13(11)5-3-4-6-13)15-12(18)9-8-14-17-16-9/h8,10-11H,2-7H2,1H3,(H,15,18)(H,14,16,17)/t10-,11+/m1/s1. The zero-order valence-corrected chi connectivity index (χ0v) is 11.2. The van der Waals surface area contributed by atoms with Crippen LogP contribution in [0.1, 0.15) is 49.5 Å². The molecule has 2 N–H and O–H groups in total. The molecule has 0 bridgehead atoms. The van der Waals surface area contributed by atoms with E-state index in [0.717, 1.165) is 25.9 Å². The molecule has 2 fully saturated rings. The van der Waals surface area contributed by atoms with E-state index in [2.05, 4.69) is 20.7 Å². The van der Waals surface area contributed by atoms with Gasteiger partial charge >= 0.3 is 0 Å². The summed E-state index contributed by atoms with van der Waals surface area (Å²) in [5.74, 6) is -0.139. The van der Waals surface area contributed by atoms with Crippen molar-refractivity contribution in [3.8, 4) is 0 Å². The number of aromatic amines is 1. The van der Waals surface area contributed by atoms with E-state index in [0.29, 0.717) is 11.8 Å². The van der Waals surface area contributed by atoms with Crippen LogP contribution in [-0.4, -0.2) is 40.1 Å². The Kier molecular flexibility index (Phi) is 3.26. The Balaban J connectivity index is 1.67. The second-order valence-electron chi connectivity index (χ2n) is 5.50. The van der Waals surface area contributed by atoms with Gasteiger partial charge in [0.2, 0.25) is 0 Å². The van der Waals surface area contributed by atoms with E-state index in [1.54, 1.807) is 0 Å². The highest BCUT2D eigenvalue weighted by Crippen LogP contribution is 2.54. The minimum absolute atomic E-state index is 0.139. The molecule has 0 radical (unpaired) electrons. The van der Waals surface area contributed by atoms with Gasteiger partial charge < -0.3 is 10.1 Å². The van der Waals surface area contributed by atoms with Crippen LogP contribution in [0, 0.1) is 5.41 Å². The average Bonchev–Trinajstić information content (AvgIpc) is 3.09. The molecule has 0 unspecified atom stereocenters. The fraction of sp³-hybridized carbons (Fsp3) is 0.769. The first-order chi connectivity index (χ1) is 9.26. The number of hydrogen-bond acceptors (Lipinski definition) is 4. The summed E-state index contributed by atoms with van der Waals surface area (Å²) in [5, 5.41) is 13.0. The zero-order chi connectivity index (χ0) is 13.3. The first-order valence-corrected chi connectivity index (χ1v) is 7.04. The Bertz CT molecular complexity index is 440. The van der Waals surface area contributed by atoms with Crippen LogP contribution in [0.3, 0.4) is 0 Å². The summed E-state index contributed by atoms with van der Waals surface area (Å²) in [6, 6.07) is 0.218. The number of H-pyrrole nitrogens is 1. The zero-order valence-electron chi connectivity index (χ0n) is 11.2. The normalized spacial score (nSPS) is 28.3. The van der Waals surface area contributed by atoms with E-state index in [-0.39, 0.29) is 17.4 Å². The third-order valence-electron chi connectivity index (χ3n) is 4.64. The summed E-state index contributed by atoms with van der Waals surface area (Å²) < 4.78 is 5.83. The van der Waals surface area contributed by atoms with Gasteiger partial charge in [-0.1, -0.05) is 12.8 Å². The Hall–Kier alpha value is -1.43. The van der Waals surface area contributed by atoms with E-state index < -0.39 is 0 Å². The number of nitrogens with one attached hydrogen (secondary N) is 2. The van der Waals surface area contributed by atoms with Crippen LogP contribution in [0.2, 0.25) is 0 Å². The quantitative estimate of drug-likeness (QED) is 0.858. The molecule has 1 aromatic rings. The van der Waals surface area contributed by atoms with E-state index >= 15 is 0 Å². The first-order valence-electron chi connectivity index (χ1n) is 7.04. The monoisotopic (exact) mass is 264 g/mol. The molecule has 1 aromatic heterocycles. The van der Waals surface area contributed by atoms with E-state index in [1.165, 1.54) is 19.0 Å². The number of ether oxygens (including phenoxy) is 1. The Labute approximate surface area is 112 Å². The van der Waals surface area contributed by atoms with Gasteiger partial charge in [0.15, 0.2) is 5.69 Å². The lowest BCUT2D eigenvalue weighted by atomic mass is 9.60. The van der Waals surface area contributed by atoms with Crippen LogP contribution in [-0.2, 0) is 4.74 Å². The maximum Gasteiger partial charge on any atom is 0.273 e. The molecule has 2 aliphatic carbocycles. The van der Waals surface area contributed by atoms with Crippen molar-refractivity contribution in [3.63, 3.8) is 0 Å². The van der Waals surface area contributed by atoms with Gasteiger partial charge in [0.1, 0.15) is 0 Å². The number of rotatable bonds is 4. The Morgan fingerprint density at radius 1 is 1.58 bits per heavy atom. The highest BCUT2D eigenvalue weighted by molar-refractivity contribution is 5.92. The third kappa shape index (κ3) is 2.04. The lowest BCUT2D eigenvalue weighted by Crippen LogP contribution is -2.63. The van der Waals surface area contributed by atoms with Crippen LogP contribution in [0.15, 0.2) is 6.20 Å². The van der Waals surface area contributed by atoms with Gasteiger partial charge in [-0.05, 0) is 26.2 Å². The lowest BCUT2D eigenvalue weighted by molar-refractivity contribution is -0.127. The number of hydrogen-bond donors (Lipinski definition) is 2. The second kappa shape index (κ2) is 4.92. The summed E-state index contributed by atoms with van der Waals surface area (Å²) in [6.07, 6.45) is 7.46. The highest BCUT2D eigenvalue weighted by Gasteiger charge is 2.57. The molecule has 1 amide bonds. The van der Waals surface area contributed by atoms with Crippen LogP contribution >= 0.6 is 0 Å². The lowest BCUT2D eigenvalue weighted by Gasteiger charge is -2.53. The molecular weight excluding hydrogens is 244 g/mol. The van der Waals surface area contributed by atoms with Crippen molar-refractivity contribution in [2.24, 2.45) is 5.41 Å². The minimum atomic E-state index is -0.139. The van der Waals surface area contributed by atoms with Crippen LogP contribution in [0.5, 0.6) is 0 Å². The SMILES string of the molecule is CCO[C@H]1C[C@@H](NC(=O)c2cn[nH]n2)C12CCCC2. The summed E-state index contributed by atoms with van der Waals surface area (Å²) in [5.41, 5.74) is 0.517. The van der Waals surface area contributed by atoms with E-state index in [9.17, 15) is 4.79 Å². The number of aromatic nitrogens is 3. The number of amides is 1. The molecule has 2 saturated carbocycles. The largest absolute Gasteiger partial charge is 0.378 e. The van der Waals surface area contributed by atoms with Crippen molar-refractivity contribution >= 4 is 5.91 Å². The molecule has 1 heterocycles. The maximum absolute atomic E-state index is 12.0. The number of carbonyl (C=O) groups is 1. The molecule has 6 heteroatoms. The van der Waals surface area contributed by atoms with Crippen LogP contribution < -0.4 is 5.32 Å². The van der Waals surface area contributed by atoms with Gasteiger partial charge in [-0.3, -0.25) is 4.79 Å². The predicted octanol–water partition coefficient (Wildman–Crippen LogP) is 1.27. The van der Waals surface area contributed by atoms with Gasteiger partial charge in [-0.15, -0.1) is 0 Å². The molecule has 3 rings (SSSR count). The van der Waals surface area contributed by atoms with Crippen molar-refractivity contribution in [3.05, 3.63) is 11.9 Å². The smallest absolute Gasteiger partial charge is 0.273 e. The summed E-state index contributed by atoms with van der Waals surface area (Å²) in [6.45, 7) is 2.78. The summed E-state index contributed by atoms with van der Waals surface area (Å²) >= 11 is 0. The van der Waals surface area contributed by atoms with Crippen molar-refractivity contribution in [1.82, 2.24) is 20.7 Å². The van der Waals surface area contributed by atoms with Crippen LogP contribution in [0.4, 0.5) is 0 Å². The van der Waals surface area contributed by atoms with E-state index in [1.807, 2.05) is 6.92 Å². The van der Waals surface area contributed by atoms with Gasteiger partial charge in [0.05, 0.1) is 12.3 Å². The first kappa shape index (κ1) is 12.6. The summed E-state index contributed by atoms with van der Waals surface area (Å²) in [4.78, 5) is 12.0. The minimum Gasteiger partial charge on any atom is -0.378 e. The average molecular weight is 264 g/mol. The van der Waals surface area contributed by atoms with Gasteiger partial charge in [-0.25, -0.2) is 0 Å². The van der Waals surface area contributed by atoms with Crippen LogP contribution in [0.25, 0.3) is 0 Å². The second-order valence-corrected chi connectivity index (χ2v) is 5.50. The molecule has 1 spiro atoms. The molecule has 2 aliphatic rings. The predicted molar refractivity (Wildman–Crippen MR) is 68.6 cm³/mol. The topological polar surface area (TPSA) is 79.9 Å². The van der Waals surface area contributed by atoms with E-state index in [4.69, 9.17) is 4.74 Å². The maximum atomic E-state index is 12.0. The molecule has 6 nitrogen and oxygen atoms in total. The molecule has 0 saturated heterocycles. The molecule has 19 heavy (non-hydrogen) atoms. The van der Waals surface area contributed by atoms with Gasteiger partial charge in [0, 0.05) is 18.1 Å². The molecule has 0 aromatic carbocycles. The Morgan fingerprint density at radius 3 is 3.00 bits per heavy atom. The molecular formula is C13H20N4O2. The van der Waals surface area contributed by atoms with Crippen molar-refractivity contribution in [2.75, 3.05) is 6.61 Å².